The molecule has 1 saturated heterocycles. The third-order valence-electron chi connectivity index (χ3n) is 4.43. The van der Waals surface area contributed by atoms with Gasteiger partial charge < -0.3 is 10.6 Å². The molecule has 1 heterocycles. The van der Waals surface area contributed by atoms with Gasteiger partial charge >= 0.3 is 0 Å². The van der Waals surface area contributed by atoms with Crippen LogP contribution in [-0.4, -0.2) is 29.9 Å². The monoisotopic (exact) mass is 294 g/mol. The van der Waals surface area contributed by atoms with E-state index < -0.39 is 0 Å². The van der Waals surface area contributed by atoms with E-state index in [1.807, 2.05) is 30.0 Å². The van der Waals surface area contributed by atoms with Gasteiger partial charge in [0.1, 0.15) is 0 Å². The van der Waals surface area contributed by atoms with Crippen LogP contribution in [0, 0.1) is 12.8 Å². The van der Waals surface area contributed by atoms with Gasteiger partial charge in [-0.25, -0.2) is 0 Å². The van der Waals surface area contributed by atoms with E-state index in [4.69, 9.17) is 17.3 Å². The van der Waals surface area contributed by atoms with Crippen molar-refractivity contribution in [1.82, 2.24) is 4.90 Å². The maximum absolute atomic E-state index is 12.7. The van der Waals surface area contributed by atoms with E-state index in [0.29, 0.717) is 23.0 Å². The van der Waals surface area contributed by atoms with Crippen LogP contribution in [0.25, 0.3) is 0 Å². The minimum atomic E-state index is 0.0648. The summed E-state index contributed by atoms with van der Waals surface area (Å²) in [6.07, 6.45) is 3.24. The van der Waals surface area contributed by atoms with Gasteiger partial charge in [0.2, 0.25) is 0 Å². The third kappa shape index (κ3) is 2.99. The molecule has 1 aliphatic rings. The van der Waals surface area contributed by atoms with E-state index in [1.165, 1.54) is 0 Å². The second kappa shape index (κ2) is 6.59. The van der Waals surface area contributed by atoms with E-state index in [9.17, 15) is 4.79 Å². The Morgan fingerprint density at radius 2 is 2.25 bits per heavy atom. The molecule has 2 N–H and O–H groups in total. The molecular formula is C16H23ClN2O. The smallest absolute Gasteiger partial charge is 0.254 e. The number of nitrogens with zero attached hydrogens (tertiary/aromatic N) is 1. The van der Waals surface area contributed by atoms with Crippen LogP contribution in [0.2, 0.25) is 5.02 Å². The van der Waals surface area contributed by atoms with Gasteiger partial charge in [0, 0.05) is 29.7 Å². The lowest BCUT2D eigenvalue weighted by Gasteiger charge is -2.39. The van der Waals surface area contributed by atoms with Crippen molar-refractivity contribution in [3.05, 3.63) is 34.3 Å². The maximum Gasteiger partial charge on any atom is 0.254 e. The van der Waals surface area contributed by atoms with Crippen LogP contribution in [-0.2, 0) is 0 Å². The predicted octanol–water partition coefficient (Wildman–Crippen LogP) is 3.24. The molecular weight excluding hydrogens is 272 g/mol. The average molecular weight is 295 g/mol. The van der Waals surface area contributed by atoms with E-state index in [2.05, 4.69) is 6.92 Å². The lowest BCUT2D eigenvalue weighted by Crippen LogP contribution is -2.49. The van der Waals surface area contributed by atoms with Gasteiger partial charge in [-0.2, -0.15) is 0 Å². The molecule has 1 amide bonds. The van der Waals surface area contributed by atoms with Gasteiger partial charge in [-0.15, -0.1) is 0 Å². The second-order valence-corrected chi connectivity index (χ2v) is 6.01. The first-order valence-electron chi connectivity index (χ1n) is 7.34. The summed E-state index contributed by atoms with van der Waals surface area (Å²) in [4.78, 5) is 14.7. The zero-order chi connectivity index (χ0) is 14.7. The Bertz CT molecular complexity index is 489. The van der Waals surface area contributed by atoms with Gasteiger partial charge in [0.25, 0.3) is 5.91 Å². The van der Waals surface area contributed by atoms with E-state index in [-0.39, 0.29) is 11.9 Å². The second-order valence-electron chi connectivity index (χ2n) is 5.60. The minimum absolute atomic E-state index is 0.0648. The van der Waals surface area contributed by atoms with Crippen molar-refractivity contribution < 1.29 is 4.79 Å². The molecule has 0 aliphatic carbocycles. The normalized spacial score (nSPS) is 22.9. The van der Waals surface area contributed by atoms with Crippen LogP contribution in [0.3, 0.4) is 0 Å². The van der Waals surface area contributed by atoms with Crippen LogP contribution in [0.4, 0.5) is 0 Å². The molecule has 2 atom stereocenters. The minimum Gasteiger partial charge on any atom is -0.334 e. The van der Waals surface area contributed by atoms with Crippen molar-refractivity contribution >= 4 is 17.5 Å². The molecule has 1 aromatic rings. The summed E-state index contributed by atoms with van der Waals surface area (Å²) in [6, 6.07) is 5.65. The SMILES string of the molecule is CCC1CCN(C(=O)c2cccc(Cl)c2C)C(CN)C1. The molecule has 110 valence electrons. The number of carbonyl (C=O) groups is 1. The number of likely N-dealkylation sites (tertiary alicyclic amines) is 1. The molecule has 0 spiro atoms. The van der Waals surface area contributed by atoms with Gasteiger partial charge in [-0.05, 0) is 43.4 Å². The molecule has 0 radical (unpaired) electrons. The number of piperidine rings is 1. The third-order valence-corrected chi connectivity index (χ3v) is 4.84. The average Bonchev–Trinajstić information content (AvgIpc) is 2.48. The number of amides is 1. The summed E-state index contributed by atoms with van der Waals surface area (Å²) in [6.45, 7) is 5.43. The van der Waals surface area contributed by atoms with Crippen molar-refractivity contribution in [2.75, 3.05) is 13.1 Å². The Hall–Kier alpha value is -1.06. The van der Waals surface area contributed by atoms with Gasteiger partial charge in [0.15, 0.2) is 0 Å². The van der Waals surface area contributed by atoms with Crippen molar-refractivity contribution in [2.24, 2.45) is 11.7 Å². The number of halogens is 1. The number of rotatable bonds is 3. The van der Waals surface area contributed by atoms with Crippen LogP contribution < -0.4 is 5.73 Å². The van der Waals surface area contributed by atoms with Crippen LogP contribution in [0.5, 0.6) is 0 Å². The standard InChI is InChI=1S/C16H23ClN2O/c1-3-12-7-8-19(13(9-12)10-18)16(20)14-5-4-6-15(17)11(14)2/h4-6,12-13H,3,7-10,18H2,1-2H3. The Labute approximate surface area is 126 Å². The molecule has 1 fully saturated rings. The summed E-state index contributed by atoms with van der Waals surface area (Å²) in [5, 5.41) is 0.642. The number of carbonyl (C=O) groups excluding carboxylic acids is 1. The molecule has 2 unspecified atom stereocenters. The Kier molecular flexibility index (Phi) is 5.06. The quantitative estimate of drug-likeness (QED) is 0.930. The van der Waals surface area contributed by atoms with Crippen LogP contribution in [0.1, 0.15) is 42.1 Å². The number of hydrogen-bond donors (Lipinski definition) is 1. The van der Waals surface area contributed by atoms with Crippen LogP contribution in [0.15, 0.2) is 18.2 Å². The first kappa shape index (κ1) is 15.3. The van der Waals surface area contributed by atoms with Crippen molar-refractivity contribution in [3.63, 3.8) is 0 Å². The van der Waals surface area contributed by atoms with Gasteiger partial charge in [-0.1, -0.05) is 31.0 Å². The van der Waals surface area contributed by atoms with Gasteiger partial charge in [-0.3, -0.25) is 4.79 Å². The summed E-state index contributed by atoms with van der Waals surface area (Å²) >= 11 is 6.12. The number of benzene rings is 1. The Morgan fingerprint density at radius 1 is 1.50 bits per heavy atom. The molecule has 1 aromatic carbocycles. The fourth-order valence-electron chi connectivity index (χ4n) is 2.99. The van der Waals surface area contributed by atoms with Crippen LogP contribution >= 0.6 is 11.6 Å². The van der Waals surface area contributed by atoms with E-state index in [0.717, 1.165) is 31.4 Å². The van der Waals surface area contributed by atoms with Gasteiger partial charge in [0.05, 0.1) is 0 Å². The van der Waals surface area contributed by atoms with Crippen molar-refractivity contribution in [1.29, 1.82) is 0 Å². The predicted molar refractivity (Wildman–Crippen MR) is 83.1 cm³/mol. The van der Waals surface area contributed by atoms with Crippen molar-refractivity contribution in [3.8, 4) is 0 Å². The first-order valence-corrected chi connectivity index (χ1v) is 7.72. The summed E-state index contributed by atoms with van der Waals surface area (Å²) in [5.74, 6) is 0.753. The molecule has 0 saturated carbocycles. The lowest BCUT2D eigenvalue weighted by atomic mass is 9.88. The molecule has 0 bridgehead atoms. The first-order chi connectivity index (χ1) is 9.58. The highest BCUT2D eigenvalue weighted by atomic mass is 35.5. The van der Waals surface area contributed by atoms with E-state index in [1.54, 1.807) is 0 Å². The summed E-state index contributed by atoms with van der Waals surface area (Å²) in [7, 11) is 0. The summed E-state index contributed by atoms with van der Waals surface area (Å²) < 4.78 is 0. The molecule has 1 aliphatic heterocycles. The highest BCUT2D eigenvalue weighted by Gasteiger charge is 2.31. The topological polar surface area (TPSA) is 46.3 Å². The molecule has 3 nitrogen and oxygen atoms in total. The number of hydrogen-bond acceptors (Lipinski definition) is 2. The fraction of sp³-hybridized carbons (Fsp3) is 0.562. The van der Waals surface area contributed by atoms with E-state index >= 15 is 0 Å². The lowest BCUT2D eigenvalue weighted by molar-refractivity contribution is 0.0558. The molecule has 20 heavy (non-hydrogen) atoms. The van der Waals surface area contributed by atoms with Crippen molar-refractivity contribution in [2.45, 2.75) is 39.2 Å². The maximum atomic E-state index is 12.7. The number of nitrogens with two attached hydrogens (primary N) is 1. The zero-order valence-electron chi connectivity index (χ0n) is 12.2. The zero-order valence-corrected chi connectivity index (χ0v) is 13.0. The molecule has 4 heteroatoms. The largest absolute Gasteiger partial charge is 0.334 e. The molecule has 0 aromatic heterocycles. The fourth-order valence-corrected chi connectivity index (χ4v) is 3.16. The Balaban J connectivity index is 2.22. The molecule has 2 rings (SSSR count). The summed E-state index contributed by atoms with van der Waals surface area (Å²) in [5.41, 5.74) is 7.43. The Morgan fingerprint density at radius 3 is 2.90 bits per heavy atom. The highest BCUT2D eigenvalue weighted by Crippen LogP contribution is 2.28. The highest BCUT2D eigenvalue weighted by molar-refractivity contribution is 6.31.